The van der Waals surface area contributed by atoms with Gasteiger partial charge in [0.05, 0.1) is 12.3 Å². The highest BCUT2D eigenvalue weighted by molar-refractivity contribution is 6.30. The largest absolute Gasteiger partial charge is 0.482 e. The molecular formula is C24H28ClFO5. The van der Waals surface area contributed by atoms with E-state index in [-0.39, 0.29) is 17.2 Å². The van der Waals surface area contributed by atoms with Crippen molar-refractivity contribution in [1.29, 1.82) is 0 Å². The van der Waals surface area contributed by atoms with Crippen molar-refractivity contribution in [3.8, 4) is 5.75 Å². The predicted molar refractivity (Wildman–Crippen MR) is 116 cm³/mol. The molecule has 0 aliphatic heterocycles. The molecule has 0 radical (unpaired) electrons. The molecule has 5 nitrogen and oxygen atoms in total. The first-order chi connectivity index (χ1) is 14.4. The molecule has 7 heteroatoms. The van der Waals surface area contributed by atoms with Crippen molar-refractivity contribution in [2.75, 3.05) is 0 Å². The molecule has 168 valence electrons. The van der Waals surface area contributed by atoms with E-state index in [1.165, 1.54) is 18.2 Å². The first-order valence-corrected chi connectivity index (χ1v) is 10.4. The van der Waals surface area contributed by atoms with Gasteiger partial charge in [-0.05, 0) is 45.4 Å². The molecule has 31 heavy (non-hydrogen) atoms. The summed E-state index contributed by atoms with van der Waals surface area (Å²) in [6.45, 7) is 8.56. The lowest BCUT2D eigenvalue weighted by molar-refractivity contribution is -0.165. The second-order valence-corrected chi connectivity index (χ2v) is 8.82. The first-order valence-electron chi connectivity index (χ1n) is 10.0. The van der Waals surface area contributed by atoms with E-state index in [9.17, 15) is 14.0 Å². The van der Waals surface area contributed by atoms with Gasteiger partial charge in [-0.3, -0.25) is 9.59 Å². The van der Waals surface area contributed by atoms with Crippen LogP contribution in [0.25, 0.3) is 0 Å². The lowest BCUT2D eigenvalue weighted by Crippen LogP contribution is -2.31. The number of rotatable bonds is 8. The molecule has 0 aromatic heterocycles. The van der Waals surface area contributed by atoms with Gasteiger partial charge in [-0.25, -0.2) is 4.39 Å². The first kappa shape index (κ1) is 24.7. The van der Waals surface area contributed by atoms with Gasteiger partial charge in [-0.2, -0.15) is 0 Å². The van der Waals surface area contributed by atoms with Crippen LogP contribution in [0.4, 0.5) is 4.39 Å². The van der Waals surface area contributed by atoms with E-state index in [0.29, 0.717) is 0 Å². The van der Waals surface area contributed by atoms with E-state index >= 15 is 0 Å². The van der Waals surface area contributed by atoms with Gasteiger partial charge < -0.3 is 14.2 Å². The van der Waals surface area contributed by atoms with Crippen LogP contribution in [0.15, 0.2) is 48.5 Å². The molecule has 0 saturated carbocycles. The highest BCUT2D eigenvalue weighted by atomic mass is 35.5. The van der Waals surface area contributed by atoms with Crippen molar-refractivity contribution in [3.63, 3.8) is 0 Å². The summed E-state index contributed by atoms with van der Waals surface area (Å²) in [5.41, 5.74) is 0.106. The van der Waals surface area contributed by atoms with Gasteiger partial charge in [-0.1, -0.05) is 48.9 Å². The van der Waals surface area contributed by atoms with E-state index < -0.39 is 41.5 Å². The zero-order valence-corrected chi connectivity index (χ0v) is 19.1. The molecule has 2 rings (SSSR count). The molecule has 0 amide bonds. The van der Waals surface area contributed by atoms with Crippen LogP contribution in [-0.2, 0) is 19.1 Å². The second-order valence-electron chi connectivity index (χ2n) is 8.39. The summed E-state index contributed by atoms with van der Waals surface area (Å²) in [7, 11) is 0. The lowest BCUT2D eigenvalue weighted by atomic mass is 10.0. The van der Waals surface area contributed by atoms with Gasteiger partial charge in [0.1, 0.15) is 23.3 Å². The molecule has 0 N–H and O–H groups in total. The number of halogens is 2. The number of esters is 2. The summed E-state index contributed by atoms with van der Waals surface area (Å²) in [5, 5.41) is 0.192. The molecule has 0 fully saturated rings. The minimum Gasteiger partial charge on any atom is -0.482 e. The maximum atomic E-state index is 13.7. The summed E-state index contributed by atoms with van der Waals surface area (Å²) in [6, 6.07) is 13.0. The van der Waals surface area contributed by atoms with Crippen LogP contribution in [0.5, 0.6) is 5.75 Å². The van der Waals surface area contributed by atoms with Gasteiger partial charge in [-0.15, -0.1) is 0 Å². The van der Waals surface area contributed by atoms with Crippen molar-refractivity contribution < 1.29 is 28.2 Å². The number of benzene rings is 2. The summed E-state index contributed by atoms with van der Waals surface area (Å²) in [5.74, 6) is -2.05. The van der Waals surface area contributed by atoms with Crippen LogP contribution >= 0.6 is 11.6 Å². The summed E-state index contributed by atoms with van der Waals surface area (Å²) in [6.07, 6.45) is -1.53. The van der Waals surface area contributed by atoms with Gasteiger partial charge in [0.25, 0.3) is 0 Å². The minimum atomic E-state index is -0.724. The van der Waals surface area contributed by atoms with Gasteiger partial charge in [0.2, 0.25) is 0 Å². The van der Waals surface area contributed by atoms with Crippen molar-refractivity contribution in [2.45, 2.75) is 58.8 Å². The monoisotopic (exact) mass is 450 g/mol. The summed E-state index contributed by atoms with van der Waals surface area (Å²) >= 11 is 5.93. The fourth-order valence-corrected chi connectivity index (χ4v) is 3.11. The van der Waals surface area contributed by atoms with Crippen LogP contribution < -0.4 is 4.74 Å². The minimum absolute atomic E-state index is 0.0980. The SMILES string of the molecule is C[C@H](CC(=O)OC(C)(C)C)C(=O)O[C@@H](C)[C@H](Oc1cc(F)cc(Cl)c1)c1ccccc1. The van der Waals surface area contributed by atoms with Crippen LogP contribution in [-0.4, -0.2) is 23.6 Å². The molecule has 0 aliphatic carbocycles. The Labute approximate surface area is 187 Å². The number of hydrogen-bond acceptors (Lipinski definition) is 5. The Hall–Kier alpha value is -2.60. The third-order valence-electron chi connectivity index (χ3n) is 4.25. The van der Waals surface area contributed by atoms with Gasteiger partial charge >= 0.3 is 11.9 Å². The van der Waals surface area contributed by atoms with Gasteiger partial charge in [0, 0.05) is 11.1 Å². The average molecular weight is 451 g/mol. The molecule has 0 spiro atoms. The van der Waals surface area contributed by atoms with E-state index in [2.05, 4.69) is 0 Å². The number of ether oxygens (including phenoxy) is 3. The van der Waals surface area contributed by atoms with Crippen molar-refractivity contribution in [2.24, 2.45) is 5.92 Å². The molecule has 0 saturated heterocycles. The molecule has 0 bridgehead atoms. The Morgan fingerprint density at radius 3 is 2.29 bits per heavy atom. The fourth-order valence-electron chi connectivity index (χ4n) is 2.90. The number of hydrogen-bond donors (Lipinski definition) is 0. The number of carbonyl (C=O) groups is 2. The van der Waals surface area contributed by atoms with Crippen molar-refractivity contribution in [1.82, 2.24) is 0 Å². The Morgan fingerprint density at radius 1 is 1.06 bits per heavy atom. The van der Waals surface area contributed by atoms with E-state index in [0.717, 1.165) is 5.56 Å². The number of carbonyl (C=O) groups excluding carboxylic acids is 2. The maximum absolute atomic E-state index is 13.7. The van der Waals surface area contributed by atoms with Crippen molar-refractivity contribution >= 4 is 23.5 Å². The molecular weight excluding hydrogens is 423 g/mol. The summed E-state index contributed by atoms with van der Waals surface area (Å²) < 4.78 is 30.6. The molecule has 0 aliphatic rings. The van der Waals surface area contributed by atoms with Gasteiger partial charge in [0.15, 0.2) is 6.10 Å². The predicted octanol–water partition coefficient (Wildman–Crippen LogP) is 5.90. The average Bonchev–Trinajstić information content (AvgIpc) is 2.64. The highest BCUT2D eigenvalue weighted by Crippen LogP contribution is 2.29. The van der Waals surface area contributed by atoms with Crippen LogP contribution in [0.2, 0.25) is 5.02 Å². The zero-order chi connectivity index (χ0) is 23.2. The smallest absolute Gasteiger partial charge is 0.309 e. The normalized spacial score (nSPS) is 14.3. The van der Waals surface area contributed by atoms with E-state index in [1.807, 2.05) is 30.3 Å². The van der Waals surface area contributed by atoms with Crippen LogP contribution in [0.3, 0.4) is 0 Å². The summed E-state index contributed by atoms with van der Waals surface area (Å²) in [4.78, 5) is 24.6. The van der Waals surface area contributed by atoms with E-state index in [4.69, 9.17) is 25.8 Å². The molecule has 2 aromatic rings. The second kappa shape index (κ2) is 10.6. The van der Waals surface area contributed by atoms with Crippen LogP contribution in [0.1, 0.15) is 52.7 Å². The molecule has 2 aromatic carbocycles. The fraction of sp³-hybridized carbons (Fsp3) is 0.417. The third kappa shape index (κ3) is 8.21. The Kier molecular flexibility index (Phi) is 8.45. The topological polar surface area (TPSA) is 61.8 Å². The quantitative estimate of drug-likeness (QED) is 0.468. The van der Waals surface area contributed by atoms with Crippen molar-refractivity contribution in [3.05, 3.63) is 64.9 Å². The van der Waals surface area contributed by atoms with Crippen LogP contribution in [0, 0.1) is 11.7 Å². The standard InChI is InChI=1S/C24H28ClFO5/c1-15(11-21(27)31-24(3,4)5)23(28)29-16(2)22(17-9-7-6-8-10-17)30-20-13-18(25)12-19(26)14-20/h6-10,12-16,22H,11H2,1-5H3/t15-,16+,22+/m1/s1. The maximum Gasteiger partial charge on any atom is 0.309 e. The Morgan fingerprint density at radius 2 is 1.71 bits per heavy atom. The molecule has 0 unspecified atom stereocenters. The highest BCUT2D eigenvalue weighted by Gasteiger charge is 2.29. The van der Waals surface area contributed by atoms with E-state index in [1.54, 1.807) is 34.6 Å². The Bertz CT molecular complexity index is 874. The zero-order valence-electron chi connectivity index (χ0n) is 18.4. The Balaban J connectivity index is 2.13. The molecule has 3 atom stereocenters. The lowest BCUT2D eigenvalue weighted by Gasteiger charge is -2.27. The third-order valence-corrected chi connectivity index (χ3v) is 4.47. The molecule has 0 heterocycles.